The van der Waals surface area contributed by atoms with Crippen molar-refractivity contribution in [1.82, 2.24) is 5.32 Å². The number of rotatable bonds is 10. The fraction of sp³-hybridized carbons (Fsp3) is 0.318. The lowest BCUT2D eigenvalue weighted by Gasteiger charge is -2.18. The van der Waals surface area contributed by atoms with Crippen molar-refractivity contribution in [3.8, 4) is 0 Å². The van der Waals surface area contributed by atoms with E-state index < -0.39 is 12.0 Å². The fourth-order valence-corrected chi connectivity index (χ4v) is 2.82. The van der Waals surface area contributed by atoms with Crippen LogP contribution in [0, 0.1) is 0 Å². The molecule has 2 amide bonds. The summed E-state index contributed by atoms with van der Waals surface area (Å²) in [5, 5.41) is 14.4. The zero-order valence-electron chi connectivity index (χ0n) is 16.0. The second-order valence-electron chi connectivity index (χ2n) is 6.65. The number of anilines is 1. The molecule has 2 rings (SSSR count). The topological polar surface area (TPSA) is 95.5 Å². The smallest absolute Gasteiger partial charge is 0.303 e. The number of aliphatic carboxylic acids is 1. The minimum atomic E-state index is -0.842. The van der Waals surface area contributed by atoms with Gasteiger partial charge in [0.25, 0.3) is 0 Å². The molecule has 1 unspecified atom stereocenters. The molecule has 3 N–H and O–H groups in total. The molecule has 0 saturated carbocycles. The van der Waals surface area contributed by atoms with Gasteiger partial charge < -0.3 is 15.7 Å². The fourth-order valence-electron chi connectivity index (χ4n) is 2.82. The van der Waals surface area contributed by atoms with Crippen molar-refractivity contribution >= 4 is 23.5 Å². The Morgan fingerprint density at radius 1 is 0.964 bits per heavy atom. The van der Waals surface area contributed by atoms with Crippen LogP contribution in [-0.2, 0) is 27.2 Å². The van der Waals surface area contributed by atoms with Gasteiger partial charge in [0.05, 0.1) is 6.42 Å². The van der Waals surface area contributed by atoms with E-state index in [1.165, 1.54) is 0 Å². The van der Waals surface area contributed by atoms with Gasteiger partial charge in [0.1, 0.15) is 6.04 Å². The van der Waals surface area contributed by atoms with Gasteiger partial charge in [0, 0.05) is 12.1 Å². The highest BCUT2D eigenvalue weighted by atomic mass is 16.4. The van der Waals surface area contributed by atoms with Crippen LogP contribution in [0.5, 0.6) is 0 Å². The summed E-state index contributed by atoms with van der Waals surface area (Å²) in [6, 6.07) is 15.9. The number of carboxylic acids is 1. The van der Waals surface area contributed by atoms with Crippen molar-refractivity contribution in [2.24, 2.45) is 0 Å². The molecule has 148 valence electrons. The van der Waals surface area contributed by atoms with Crippen molar-refractivity contribution in [1.29, 1.82) is 0 Å². The van der Waals surface area contributed by atoms with Crippen molar-refractivity contribution in [3.05, 3.63) is 65.7 Å². The number of aryl methyl sites for hydroxylation is 1. The molecular weight excluding hydrogens is 356 g/mol. The molecule has 0 heterocycles. The monoisotopic (exact) mass is 382 g/mol. The Balaban J connectivity index is 1.92. The first-order valence-corrected chi connectivity index (χ1v) is 9.42. The van der Waals surface area contributed by atoms with E-state index in [0.29, 0.717) is 18.5 Å². The number of benzene rings is 2. The third-order valence-corrected chi connectivity index (χ3v) is 4.29. The first-order chi connectivity index (χ1) is 13.5. The maximum Gasteiger partial charge on any atom is 0.303 e. The number of amides is 2. The third kappa shape index (κ3) is 7.23. The molecule has 0 aliphatic rings. The molecular formula is C22H26N2O4. The maximum absolute atomic E-state index is 12.6. The van der Waals surface area contributed by atoms with Gasteiger partial charge in [-0.1, -0.05) is 55.8 Å². The van der Waals surface area contributed by atoms with Crippen molar-refractivity contribution in [2.75, 3.05) is 5.32 Å². The number of hydrogen-bond donors (Lipinski definition) is 3. The zero-order valence-corrected chi connectivity index (χ0v) is 16.0. The van der Waals surface area contributed by atoms with Gasteiger partial charge in [-0.25, -0.2) is 0 Å². The molecule has 0 radical (unpaired) electrons. The van der Waals surface area contributed by atoms with Gasteiger partial charge in [-0.15, -0.1) is 0 Å². The molecule has 6 heteroatoms. The first-order valence-electron chi connectivity index (χ1n) is 9.42. The summed E-state index contributed by atoms with van der Waals surface area (Å²) < 4.78 is 0. The molecule has 1 atom stereocenters. The molecule has 0 saturated heterocycles. The standard InChI is InChI=1S/C22H26N2O4/c1-2-6-19(24-20(25)15-17-7-4-3-5-8-17)22(28)23-18-12-9-16(10-13-18)11-14-21(26)27/h3-5,7-10,12-13,19H,2,6,11,14-15H2,1H3,(H,23,28)(H,24,25)(H,26,27). The van der Waals surface area contributed by atoms with Crippen LogP contribution < -0.4 is 10.6 Å². The van der Waals surface area contributed by atoms with Crippen LogP contribution in [0.1, 0.15) is 37.3 Å². The second-order valence-corrected chi connectivity index (χ2v) is 6.65. The van der Waals surface area contributed by atoms with Crippen molar-refractivity contribution in [2.45, 2.75) is 45.1 Å². The summed E-state index contributed by atoms with van der Waals surface area (Å²) in [5.41, 5.74) is 2.40. The average molecular weight is 382 g/mol. The molecule has 0 aromatic heterocycles. The van der Waals surface area contributed by atoms with Gasteiger partial charge in [-0.05, 0) is 36.1 Å². The van der Waals surface area contributed by atoms with E-state index in [2.05, 4.69) is 10.6 Å². The van der Waals surface area contributed by atoms with Gasteiger partial charge >= 0.3 is 5.97 Å². The van der Waals surface area contributed by atoms with E-state index in [0.717, 1.165) is 17.5 Å². The number of carboxylic acid groups (broad SMARTS) is 1. The average Bonchev–Trinajstić information content (AvgIpc) is 2.67. The Labute approximate surface area is 165 Å². The first kappa shape index (κ1) is 21.2. The van der Waals surface area contributed by atoms with Crippen LogP contribution in [0.4, 0.5) is 5.69 Å². The van der Waals surface area contributed by atoms with Crippen LogP contribution in [0.3, 0.4) is 0 Å². The molecule has 2 aromatic carbocycles. The Bertz CT molecular complexity index is 788. The van der Waals surface area contributed by atoms with E-state index in [1.54, 1.807) is 24.3 Å². The molecule has 28 heavy (non-hydrogen) atoms. The van der Waals surface area contributed by atoms with Crippen molar-refractivity contribution < 1.29 is 19.5 Å². The summed E-state index contributed by atoms with van der Waals surface area (Å²) in [4.78, 5) is 35.5. The number of nitrogens with one attached hydrogen (secondary N) is 2. The number of hydrogen-bond acceptors (Lipinski definition) is 3. The lowest BCUT2D eigenvalue weighted by molar-refractivity contribution is -0.137. The second kappa shape index (κ2) is 10.9. The molecule has 2 aromatic rings. The summed E-state index contributed by atoms with van der Waals surface area (Å²) in [5.74, 6) is -1.30. The Morgan fingerprint density at radius 2 is 1.64 bits per heavy atom. The normalized spacial score (nSPS) is 11.5. The predicted octanol–water partition coefficient (Wildman–Crippen LogP) is 3.17. The van der Waals surface area contributed by atoms with Gasteiger partial charge in [-0.3, -0.25) is 14.4 Å². The minimum absolute atomic E-state index is 0.0672. The van der Waals surface area contributed by atoms with E-state index in [9.17, 15) is 14.4 Å². The number of carbonyl (C=O) groups excluding carboxylic acids is 2. The lowest BCUT2D eigenvalue weighted by atomic mass is 10.1. The van der Waals surface area contributed by atoms with E-state index in [1.807, 2.05) is 37.3 Å². The van der Waals surface area contributed by atoms with Crippen LogP contribution >= 0.6 is 0 Å². The Hall–Kier alpha value is -3.15. The van der Waals surface area contributed by atoms with E-state index in [4.69, 9.17) is 5.11 Å². The quantitative estimate of drug-likeness (QED) is 0.588. The molecule has 0 fully saturated rings. The SMILES string of the molecule is CCCC(NC(=O)Cc1ccccc1)C(=O)Nc1ccc(CCC(=O)O)cc1. The van der Waals surface area contributed by atoms with Gasteiger partial charge in [-0.2, -0.15) is 0 Å². The summed E-state index contributed by atoms with van der Waals surface area (Å²) >= 11 is 0. The Kier molecular flexibility index (Phi) is 8.21. The van der Waals surface area contributed by atoms with Crippen LogP contribution in [-0.4, -0.2) is 28.9 Å². The van der Waals surface area contributed by atoms with Crippen LogP contribution in [0.25, 0.3) is 0 Å². The van der Waals surface area contributed by atoms with Gasteiger partial charge in [0.2, 0.25) is 11.8 Å². The molecule has 0 aliphatic carbocycles. The highest BCUT2D eigenvalue weighted by Gasteiger charge is 2.20. The Morgan fingerprint density at radius 3 is 2.25 bits per heavy atom. The van der Waals surface area contributed by atoms with E-state index >= 15 is 0 Å². The lowest BCUT2D eigenvalue weighted by Crippen LogP contribution is -2.44. The summed E-state index contributed by atoms with van der Waals surface area (Å²) in [7, 11) is 0. The highest BCUT2D eigenvalue weighted by Crippen LogP contribution is 2.12. The van der Waals surface area contributed by atoms with Crippen LogP contribution in [0.2, 0.25) is 0 Å². The van der Waals surface area contributed by atoms with E-state index in [-0.39, 0.29) is 24.7 Å². The third-order valence-electron chi connectivity index (χ3n) is 4.29. The molecule has 0 aliphatic heterocycles. The molecule has 0 bridgehead atoms. The number of carbonyl (C=O) groups is 3. The molecule has 6 nitrogen and oxygen atoms in total. The predicted molar refractivity (Wildman–Crippen MR) is 108 cm³/mol. The van der Waals surface area contributed by atoms with Gasteiger partial charge in [0.15, 0.2) is 0 Å². The summed E-state index contributed by atoms with van der Waals surface area (Å²) in [6.45, 7) is 1.96. The minimum Gasteiger partial charge on any atom is -0.481 e. The van der Waals surface area contributed by atoms with Crippen molar-refractivity contribution in [3.63, 3.8) is 0 Å². The summed E-state index contributed by atoms with van der Waals surface area (Å²) in [6.07, 6.45) is 2.04. The highest BCUT2D eigenvalue weighted by molar-refractivity contribution is 5.97. The largest absolute Gasteiger partial charge is 0.481 e. The van der Waals surface area contributed by atoms with Crippen LogP contribution in [0.15, 0.2) is 54.6 Å². The molecule has 0 spiro atoms. The zero-order chi connectivity index (χ0) is 20.4. The maximum atomic E-state index is 12.6.